The van der Waals surface area contributed by atoms with Crippen LogP contribution in [0.1, 0.15) is 98.8 Å². The van der Waals surface area contributed by atoms with Gasteiger partial charge in [0.25, 0.3) is 0 Å². The maximum absolute atomic E-state index is 11.3. The molecule has 1 N–H and O–H groups in total. The molecule has 0 aliphatic rings. The predicted molar refractivity (Wildman–Crippen MR) is 87.0 cm³/mol. The van der Waals surface area contributed by atoms with Gasteiger partial charge in [-0.2, -0.15) is 0 Å². The van der Waals surface area contributed by atoms with Gasteiger partial charge >= 0.3 is 5.97 Å². The molecular formula is C18H36O2. The maximum atomic E-state index is 11.3. The number of carbonyl (C=O) groups is 1. The van der Waals surface area contributed by atoms with Gasteiger partial charge in [-0.1, -0.05) is 78.6 Å². The number of unbranched alkanes of at least 4 members (excludes halogenated alkanes) is 8. The van der Waals surface area contributed by atoms with Crippen molar-refractivity contribution in [2.24, 2.45) is 10.8 Å². The van der Waals surface area contributed by atoms with E-state index in [1.54, 1.807) is 0 Å². The van der Waals surface area contributed by atoms with Crippen LogP contribution in [0.3, 0.4) is 0 Å². The summed E-state index contributed by atoms with van der Waals surface area (Å²) in [6.45, 7) is 10.1. The van der Waals surface area contributed by atoms with Gasteiger partial charge in [0, 0.05) is 0 Å². The summed E-state index contributed by atoms with van der Waals surface area (Å²) in [6.07, 6.45) is 12.9. The molecule has 0 rings (SSSR count). The highest BCUT2D eigenvalue weighted by molar-refractivity contribution is 5.74. The SMILES string of the molecule is CCCCCCCCCCCC(C)(C)C(C)(C)C(=O)O. The summed E-state index contributed by atoms with van der Waals surface area (Å²) in [5.41, 5.74) is -0.785. The van der Waals surface area contributed by atoms with Crippen LogP contribution in [0.25, 0.3) is 0 Å². The van der Waals surface area contributed by atoms with Crippen LogP contribution < -0.4 is 0 Å². The number of aliphatic carboxylic acids is 1. The summed E-state index contributed by atoms with van der Waals surface area (Å²) in [7, 11) is 0. The van der Waals surface area contributed by atoms with Gasteiger partial charge < -0.3 is 5.11 Å². The molecule has 0 heterocycles. The van der Waals surface area contributed by atoms with Gasteiger partial charge in [0.15, 0.2) is 0 Å². The van der Waals surface area contributed by atoms with E-state index in [0.29, 0.717) is 0 Å². The molecule has 0 aromatic rings. The lowest BCUT2D eigenvalue weighted by Crippen LogP contribution is -2.39. The highest BCUT2D eigenvalue weighted by atomic mass is 16.4. The van der Waals surface area contributed by atoms with Gasteiger partial charge in [-0.3, -0.25) is 4.79 Å². The largest absolute Gasteiger partial charge is 0.481 e. The first-order valence-corrected chi connectivity index (χ1v) is 8.49. The van der Waals surface area contributed by atoms with E-state index in [2.05, 4.69) is 20.8 Å². The molecule has 0 aliphatic heterocycles. The second kappa shape index (κ2) is 9.41. The fraction of sp³-hybridized carbons (Fsp3) is 0.944. The third-order valence-corrected chi connectivity index (χ3v) is 5.13. The third kappa shape index (κ3) is 6.76. The molecule has 20 heavy (non-hydrogen) atoms. The van der Waals surface area contributed by atoms with Crippen molar-refractivity contribution in [1.29, 1.82) is 0 Å². The van der Waals surface area contributed by atoms with Gasteiger partial charge in [-0.05, 0) is 25.7 Å². The smallest absolute Gasteiger partial charge is 0.309 e. The second-order valence-electron chi connectivity index (χ2n) is 7.39. The van der Waals surface area contributed by atoms with Crippen LogP contribution >= 0.6 is 0 Å². The Labute approximate surface area is 126 Å². The monoisotopic (exact) mass is 284 g/mol. The van der Waals surface area contributed by atoms with Crippen LogP contribution in [0.5, 0.6) is 0 Å². The van der Waals surface area contributed by atoms with E-state index < -0.39 is 11.4 Å². The van der Waals surface area contributed by atoms with Crippen LogP contribution in [-0.4, -0.2) is 11.1 Å². The van der Waals surface area contributed by atoms with E-state index in [-0.39, 0.29) is 5.41 Å². The lowest BCUT2D eigenvalue weighted by molar-refractivity contribution is -0.154. The summed E-state index contributed by atoms with van der Waals surface area (Å²) in [5.74, 6) is -0.682. The fourth-order valence-electron chi connectivity index (χ4n) is 2.48. The molecule has 0 amide bonds. The third-order valence-electron chi connectivity index (χ3n) is 5.13. The predicted octanol–water partition coefficient (Wildman–Crippen LogP) is 6.04. The van der Waals surface area contributed by atoms with Gasteiger partial charge in [-0.15, -0.1) is 0 Å². The summed E-state index contributed by atoms with van der Waals surface area (Å²) in [5, 5.41) is 9.32. The number of carboxylic acids is 1. The lowest BCUT2D eigenvalue weighted by Gasteiger charge is -2.38. The fourth-order valence-corrected chi connectivity index (χ4v) is 2.48. The molecule has 2 heteroatoms. The van der Waals surface area contributed by atoms with Gasteiger partial charge in [-0.25, -0.2) is 0 Å². The molecule has 0 aromatic heterocycles. The first-order valence-electron chi connectivity index (χ1n) is 8.49. The van der Waals surface area contributed by atoms with Crippen LogP contribution in [0, 0.1) is 10.8 Å². The lowest BCUT2D eigenvalue weighted by atomic mass is 9.65. The number of hydrogen-bond acceptors (Lipinski definition) is 1. The Kier molecular flexibility index (Phi) is 9.16. The minimum absolute atomic E-state index is 0.139. The first kappa shape index (κ1) is 19.5. The molecule has 2 nitrogen and oxygen atoms in total. The van der Waals surface area contributed by atoms with Crippen LogP contribution in [0.15, 0.2) is 0 Å². The second-order valence-corrected chi connectivity index (χ2v) is 7.39. The molecular weight excluding hydrogens is 248 g/mol. The molecule has 0 unspecified atom stereocenters. The van der Waals surface area contributed by atoms with E-state index in [0.717, 1.165) is 12.8 Å². The minimum Gasteiger partial charge on any atom is -0.481 e. The molecule has 0 aromatic carbocycles. The maximum Gasteiger partial charge on any atom is 0.309 e. The Morgan fingerprint density at radius 2 is 1.20 bits per heavy atom. The average molecular weight is 284 g/mol. The van der Waals surface area contributed by atoms with Gasteiger partial charge in [0.1, 0.15) is 0 Å². The molecule has 0 radical (unpaired) electrons. The van der Waals surface area contributed by atoms with Crippen LogP contribution in [0.2, 0.25) is 0 Å². The van der Waals surface area contributed by atoms with E-state index in [1.807, 2.05) is 13.8 Å². The van der Waals surface area contributed by atoms with Crippen molar-refractivity contribution in [3.05, 3.63) is 0 Å². The molecule has 0 aliphatic carbocycles. The van der Waals surface area contributed by atoms with E-state index in [4.69, 9.17) is 0 Å². The van der Waals surface area contributed by atoms with Gasteiger partial charge in [0.2, 0.25) is 0 Å². The van der Waals surface area contributed by atoms with Crippen molar-refractivity contribution in [3.8, 4) is 0 Å². The zero-order valence-electron chi connectivity index (χ0n) is 14.4. The number of hydrogen-bond donors (Lipinski definition) is 1. The van der Waals surface area contributed by atoms with Crippen molar-refractivity contribution in [1.82, 2.24) is 0 Å². The molecule has 0 fully saturated rings. The average Bonchev–Trinajstić information content (AvgIpc) is 2.36. The van der Waals surface area contributed by atoms with Crippen molar-refractivity contribution < 1.29 is 9.90 Å². The van der Waals surface area contributed by atoms with Crippen molar-refractivity contribution >= 4 is 5.97 Å². The summed E-state index contributed by atoms with van der Waals surface area (Å²) >= 11 is 0. The van der Waals surface area contributed by atoms with E-state index in [1.165, 1.54) is 51.4 Å². The standard InChI is InChI=1S/C18H36O2/c1-6-7-8-9-10-11-12-13-14-15-17(2,3)18(4,5)16(19)20/h6-15H2,1-5H3,(H,19,20). The zero-order valence-corrected chi connectivity index (χ0v) is 14.4. The number of rotatable bonds is 12. The quantitative estimate of drug-likeness (QED) is 0.443. The minimum atomic E-state index is -0.682. The summed E-state index contributed by atoms with van der Waals surface area (Å²) < 4.78 is 0. The van der Waals surface area contributed by atoms with Crippen molar-refractivity contribution in [2.75, 3.05) is 0 Å². The molecule has 0 saturated carbocycles. The normalized spacial score (nSPS) is 12.7. The Hall–Kier alpha value is -0.530. The Morgan fingerprint density at radius 1 is 0.800 bits per heavy atom. The summed E-state index contributed by atoms with van der Waals surface area (Å²) in [4.78, 5) is 11.3. The van der Waals surface area contributed by atoms with Crippen molar-refractivity contribution in [3.63, 3.8) is 0 Å². The molecule has 0 atom stereocenters. The van der Waals surface area contributed by atoms with E-state index >= 15 is 0 Å². The molecule has 0 saturated heterocycles. The molecule has 0 bridgehead atoms. The molecule has 0 spiro atoms. The topological polar surface area (TPSA) is 37.3 Å². The summed E-state index contributed by atoms with van der Waals surface area (Å²) in [6, 6.07) is 0. The zero-order chi connectivity index (χ0) is 15.6. The molecule has 120 valence electrons. The Morgan fingerprint density at radius 3 is 1.60 bits per heavy atom. The van der Waals surface area contributed by atoms with E-state index in [9.17, 15) is 9.90 Å². The highest BCUT2D eigenvalue weighted by Crippen LogP contribution is 2.42. The first-order chi connectivity index (χ1) is 9.25. The van der Waals surface area contributed by atoms with Crippen LogP contribution in [0.4, 0.5) is 0 Å². The Bertz CT molecular complexity index is 267. The highest BCUT2D eigenvalue weighted by Gasteiger charge is 2.42. The Balaban J connectivity index is 3.71. The van der Waals surface area contributed by atoms with Crippen LogP contribution in [-0.2, 0) is 4.79 Å². The number of carboxylic acid groups (broad SMARTS) is 1. The van der Waals surface area contributed by atoms with Crippen molar-refractivity contribution in [2.45, 2.75) is 98.8 Å². The van der Waals surface area contributed by atoms with Gasteiger partial charge in [0.05, 0.1) is 5.41 Å².